The molecular weight excluding hydrogens is 296 g/mol. The van der Waals surface area contributed by atoms with E-state index in [0.29, 0.717) is 30.0 Å². The van der Waals surface area contributed by atoms with Crippen molar-refractivity contribution < 1.29 is 24.2 Å². The third kappa shape index (κ3) is 5.14. The average molecular weight is 320 g/mol. The lowest BCUT2D eigenvalue weighted by molar-refractivity contribution is -0.144. The molecule has 3 aliphatic rings. The molecule has 1 saturated heterocycles. The lowest BCUT2D eigenvalue weighted by Gasteiger charge is -2.39. The van der Waals surface area contributed by atoms with Crippen LogP contribution in [-0.2, 0) is 19.1 Å². The van der Waals surface area contributed by atoms with E-state index in [4.69, 9.17) is 14.6 Å². The second-order valence-electron chi connectivity index (χ2n) is 5.79. The van der Waals surface area contributed by atoms with E-state index < -0.39 is 0 Å². The number of terminal acetylenes is 2. The summed E-state index contributed by atoms with van der Waals surface area (Å²) in [6, 6.07) is 0. The number of carbonyl (C=O) groups excluding carboxylic acids is 2. The van der Waals surface area contributed by atoms with Crippen molar-refractivity contribution in [3.05, 3.63) is 0 Å². The Hall–Kier alpha value is -2.27. The lowest BCUT2D eigenvalue weighted by atomic mass is 9.63. The van der Waals surface area contributed by atoms with Crippen LogP contribution in [0.15, 0.2) is 0 Å². The summed E-state index contributed by atoms with van der Waals surface area (Å²) in [5.74, 6) is 1.99. The minimum Gasteiger partial charge on any atom is -0.483 e. The highest BCUT2D eigenvalue weighted by Crippen LogP contribution is 2.48. The van der Waals surface area contributed by atoms with Gasteiger partial charge in [-0.1, -0.05) is 0 Å². The Labute approximate surface area is 137 Å². The van der Waals surface area contributed by atoms with Gasteiger partial charge in [-0.3, -0.25) is 14.4 Å². The zero-order valence-corrected chi connectivity index (χ0v) is 13.4. The maximum Gasteiger partial charge on any atom is 0.309 e. The maximum atomic E-state index is 11.7. The Morgan fingerprint density at radius 1 is 1.13 bits per heavy atom. The molecule has 3 rings (SSSR count). The summed E-state index contributed by atoms with van der Waals surface area (Å²) in [7, 11) is 0. The molecule has 1 unspecified atom stereocenters. The van der Waals surface area contributed by atoms with E-state index in [-0.39, 0.29) is 24.5 Å². The number of hydrogen-bond acceptors (Lipinski definition) is 4. The number of esters is 1. The molecular formula is C18H24O5. The summed E-state index contributed by atoms with van der Waals surface area (Å²) < 4.78 is 5.32. The van der Waals surface area contributed by atoms with Crippen LogP contribution in [-0.4, -0.2) is 29.4 Å². The molecule has 0 spiro atoms. The Morgan fingerprint density at radius 3 is 2.26 bits per heavy atom. The molecule has 5 atom stereocenters. The molecule has 0 aromatic rings. The number of Topliss-reactive ketones (excluding diaryl/α,β-unsaturated/α-hetero) is 1. The van der Waals surface area contributed by atoms with Gasteiger partial charge in [0, 0.05) is 18.8 Å². The second kappa shape index (κ2) is 10.5. The molecule has 0 aromatic carbocycles. The molecule has 0 aromatic heterocycles. The number of cyclic esters (lactones) is 1. The van der Waals surface area contributed by atoms with Gasteiger partial charge in [-0.2, -0.15) is 0 Å². The highest BCUT2D eigenvalue weighted by atomic mass is 16.6. The Morgan fingerprint density at radius 2 is 1.70 bits per heavy atom. The van der Waals surface area contributed by atoms with Crippen LogP contribution in [0.5, 0.6) is 0 Å². The molecule has 5 nitrogen and oxygen atoms in total. The van der Waals surface area contributed by atoms with Crippen LogP contribution in [0.25, 0.3) is 0 Å². The van der Waals surface area contributed by atoms with Crippen molar-refractivity contribution in [2.75, 3.05) is 0 Å². The number of fused-ring (bicyclic) bond motifs is 2. The van der Waals surface area contributed by atoms with E-state index in [1.54, 1.807) is 0 Å². The molecule has 2 saturated carbocycles. The fourth-order valence-corrected chi connectivity index (χ4v) is 3.89. The summed E-state index contributed by atoms with van der Waals surface area (Å²) in [6.45, 7) is 1.76. The number of hydrogen-bond donors (Lipinski definition) is 1. The van der Waals surface area contributed by atoms with E-state index in [1.807, 2.05) is 6.92 Å². The van der Waals surface area contributed by atoms with Crippen LogP contribution in [0.2, 0.25) is 0 Å². The molecule has 126 valence electrons. The largest absolute Gasteiger partial charge is 0.483 e. The van der Waals surface area contributed by atoms with E-state index in [0.717, 1.165) is 25.7 Å². The number of carboxylic acid groups (broad SMARTS) is 1. The van der Waals surface area contributed by atoms with E-state index >= 15 is 0 Å². The van der Waals surface area contributed by atoms with Gasteiger partial charge in [-0.15, -0.1) is 25.7 Å². The van der Waals surface area contributed by atoms with Gasteiger partial charge in [0.15, 0.2) is 0 Å². The van der Waals surface area contributed by atoms with E-state index in [1.165, 1.54) is 0 Å². The SMILES string of the molecule is C#C.C#C.C[C@H]1OC(=O)[C@@H]2C[C@@H]3CC(=O)CCC3C[C@H]12.O=CO. The summed E-state index contributed by atoms with van der Waals surface area (Å²) in [4.78, 5) is 31.5. The molecule has 0 radical (unpaired) electrons. The summed E-state index contributed by atoms with van der Waals surface area (Å²) in [6.07, 6.45) is 20.6. The zero-order valence-electron chi connectivity index (χ0n) is 13.4. The van der Waals surface area contributed by atoms with Crippen LogP contribution in [0.4, 0.5) is 0 Å². The number of ketones is 1. The average Bonchev–Trinajstić information content (AvgIpc) is 2.84. The minimum atomic E-state index is -0.250. The van der Waals surface area contributed by atoms with Crippen molar-refractivity contribution in [1.29, 1.82) is 0 Å². The minimum absolute atomic E-state index is 0.0195. The standard InChI is InChI=1S/C13H18O3.2C2H2.CH2O2/c1-7-11-5-8-2-3-10(14)4-9(8)6-12(11)13(15)16-7;2*1-2;2-1-3/h7-9,11-12H,2-6H2,1H3;2*1-2H;1H,(H,2,3)/t7-,8?,9+,11-,12-;;;/m1.../s1. The smallest absolute Gasteiger partial charge is 0.309 e. The normalized spacial score (nSPS) is 33.5. The van der Waals surface area contributed by atoms with Crippen molar-refractivity contribution in [2.24, 2.45) is 23.7 Å². The summed E-state index contributed by atoms with van der Waals surface area (Å²) >= 11 is 0. The second-order valence-corrected chi connectivity index (χ2v) is 5.79. The predicted molar refractivity (Wildman–Crippen MR) is 86.1 cm³/mol. The topological polar surface area (TPSA) is 80.7 Å². The molecule has 1 aliphatic heterocycles. The zero-order chi connectivity index (χ0) is 18.0. The molecule has 1 heterocycles. The monoisotopic (exact) mass is 320 g/mol. The third-order valence-corrected chi connectivity index (χ3v) is 4.81. The van der Waals surface area contributed by atoms with Crippen molar-refractivity contribution in [3.8, 4) is 25.7 Å². The van der Waals surface area contributed by atoms with Gasteiger partial charge in [0.05, 0.1) is 5.92 Å². The third-order valence-electron chi connectivity index (χ3n) is 4.81. The molecule has 0 amide bonds. The predicted octanol–water partition coefficient (Wildman–Crippen LogP) is 2.14. The van der Waals surface area contributed by atoms with Crippen LogP contribution >= 0.6 is 0 Å². The highest BCUT2D eigenvalue weighted by molar-refractivity contribution is 5.80. The van der Waals surface area contributed by atoms with Crippen LogP contribution in [0.1, 0.15) is 39.0 Å². The lowest BCUT2D eigenvalue weighted by Crippen LogP contribution is -2.37. The first-order chi connectivity index (χ1) is 11.1. The van der Waals surface area contributed by atoms with E-state index in [2.05, 4.69) is 25.7 Å². The van der Waals surface area contributed by atoms with Crippen molar-refractivity contribution in [3.63, 3.8) is 0 Å². The van der Waals surface area contributed by atoms with Gasteiger partial charge in [0.2, 0.25) is 0 Å². The Kier molecular flexibility index (Phi) is 9.42. The molecule has 0 bridgehead atoms. The first-order valence-corrected chi connectivity index (χ1v) is 7.53. The van der Waals surface area contributed by atoms with E-state index in [9.17, 15) is 9.59 Å². The summed E-state index contributed by atoms with van der Waals surface area (Å²) in [5, 5.41) is 6.89. The molecule has 2 aliphatic carbocycles. The molecule has 3 fully saturated rings. The van der Waals surface area contributed by atoms with Crippen LogP contribution < -0.4 is 0 Å². The van der Waals surface area contributed by atoms with Gasteiger partial charge in [-0.25, -0.2) is 0 Å². The van der Waals surface area contributed by atoms with Crippen molar-refractivity contribution >= 4 is 18.2 Å². The molecule has 23 heavy (non-hydrogen) atoms. The highest BCUT2D eigenvalue weighted by Gasteiger charge is 2.49. The van der Waals surface area contributed by atoms with Gasteiger partial charge in [-0.05, 0) is 38.0 Å². The number of ether oxygens (including phenoxy) is 1. The van der Waals surface area contributed by atoms with Gasteiger partial charge >= 0.3 is 5.97 Å². The van der Waals surface area contributed by atoms with Gasteiger partial charge < -0.3 is 9.84 Å². The maximum absolute atomic E-state index is 11.7. The van der Waals surface area contributed by atoms with Crippen molar-refractivity contribution in [2.45, 2.75) is 45.1 Å². The number of rotatable bonds is 0. The Balaban J connectivity index is 0.000000609. The quantitative estimate of drug-likeness (QED) is 0.420. The van der Waals surface area contributed by atoms with Crippen LogP contribution in [0, 0.1) is 49.4 Å². The molecule has 5 heteroatoms. The van der Waals surface area contributed by atoms with Crippen LogP contribution in [0.3, 0.4) is 0 Å². The van der Waals surface area contributed by atoms with Gasteiger partial charge in [0.25, 0.3) is 6.47 Å². The number of carbonyl (C=O) groups is 3. The van der Waals surface area contributed by atoms with Gasteiger partial charge in [0.1, 0.15) is 11.9 Å². The molecule has 1 N–H and O–H groups in total. The first-order valence-electron chi connectivity index (χ1n) is 7.53. The fraction of sp³-hybridized carbons (Fsp3) is 0.611. The Bertz CT molecular complexity index is 445. The fourth-order valence-electron chi connectivity index (χ4n) is 3.89. The van der Waals surface area contributed by atoms with Crippen molar-refractivity contribution in [1.82, 2.24) is 0 Å². The summed E-state index contributed by atoms with van der Waals surface area (Å²) in [5.41, 5.74) is 0. The first kappa shape index (κ1) is 20.7.